The highest BCUT2D eigenvalue weighted by Gasteiger charge is 2.20. The summed E-state index contributed by atoms with van der Waals surface area (Å²) in [7, 11) is 2.01. The molecule has 1 aliphatic rings. The molecule has 0 aliphatic carbocycles. The molecule has 0 amide bonds. The standard InChI is InChI=1S/C13H15N5/c1-4-9-8(2)16-7-10-11(9)18(3)13(17-10)12-14-5-6-15-12/h4-7,12,14-15H,1H2,2-3H3. The summed E-state index contributed by atoms with van der Waals surface area (Å²) in [6, 6.07) is 0. The highest BCUT2D eigenvalue weighted by atomic mass is 15.2. The first-order chi connectivity index (χ1) is 8.72. The number of nitrogens with zero attached hydrogens (tertiary/aromatic N) is 3. The minimum absolute atomic E-state index is 0.0142. The molecular formula is C13H15N5. The zero-order valence-corrected chi connectivity index (χ0v) is 10.4. The average Bonchev–Trinajstić information content (AvgIpc) is 2.98. The van der Waals surface area contributed by atoms with Gasteiger partial charge in [-0.1, -0.05) is 12.7 Å². The average molecular weight is 241 g/mol. The maximum atomic E-state index is 4.63. The van der Waals surface area contributed by atoms with Crippen LogP contribution in [0.25, 0.3) is 17.1 Å². The quantitative estimate of drug-likeness (QED) is 0.838. The van der Waals surface area contributed by atoms with Crippen LogP contribution in [-0.4, -0.2) is 14.5 Å². The van der Waals surface area contributed by atoms with Crippen molar-refractivity contribution in [3.8, 4) is 0 Å². The van der Waals surface area contributed by atoms with Crippen LogP contribution in [0.3, 0.4) is 0 Å². The van der Waals surface area contributed by atoms with E-state index in [0.717, 1.165) is 28.1 Å². The zero-order valence-electron chi connectivity index (χ0n) is 10.4. The third kappa shape index (κ3) is 1.40. The van der Waals surface area contributed by atoms with E-state index < -0.39 is 0 Å². The third-order valence-corrected chi connectivity index (χ3v) is 3.25. The predicted molar refractivity (Wildman–Crippen MR) is 71.5 cm³/mol. The summed E-state index contributed by atoms with van der Waals surface area (Å²) in [6.07, 6.45) is 7.41. The molecule has 3 rings (SSSR count). The second-order valence-corrected chi connectivity index (χ2v) is 4.32. The lowest BCUT2D eigenvalue weighted by atomic mass is 10.2. The van der Waals surface area contributed by atoms with E-state index in [9.17, 15) is 0 Å². The molecule has 1 aliphatic heterocycles. The summed E-state index contributed by atoms with van der Waals surface area (Å²) in [5, 5.41) is 6.41. The number of aromatic nitrogens is 3. The van der Waals surface area contributed by atoms with Gasteiger partial charge in [0.15, 0.2) is 12.0 Å². The van der Waals surface area contributed by atoms with Crippen LogP contribution in [0.15, 0.2) is 25.2 Å². The molecule has 3 heterocycles. The Hall–Kier alpha value is -2.30. The van der Waals surface area contributed by atoms with Crippen LogP contribution in [0.1, 0.15) is 23.2 Å². The van der Waals surface area contributed by atoms with Gasteiger partial charge in [-0.15, -0.1) is 0 Å². The molecule has 0 atom stereocenters. The Balaban J connectivity index is 2.24. The van der Waals surface area contributed by atoms with Crippen LogP contribution < -0.4 is 10.6 Å². The number of fused-ring (bicyclic) bond motifs is 1. The van der Waals surface area contributed by atoms with Crippen LogP contribution in [0.5, 0.6) is 0 Å². The van der Waals surface area contributed by atoms with E-state index in [1.165, 1.54) is 0 Å². The lowest BCUT2D eigenvalue weighted by Gasteiger charge is -2.12. The molecule has 0 spiro atoms. The summed E-state index contributed by atoms with van der Waals surface area (Å²) in [5.74, 6) is 0.936. The van der Waals surface area contributed by atoms with Gasteiger partial charge in [0.1, 0.15) is 5.52 Å². The van der Waals surface area contributed by atoms with Gasteiger partial charge in [-0.25, -0.2) is 4.98 Å². The van der Waals surface area contributed by atoms with E-state index in [1.54, 1.807) is 0 Å². The number of hydrogen-bond donors (Lipinski definition) is 2. The maximum Gasteiger partial charge on any atom is 0.156 e. The summed E-state index contributed by atoms with van der Waals surface area (Å²) in [4.78, 5) is 8.99. The van der Waals surface area contributed by atoms with Crippen LogP contribution in [0.4, 0.5) is 0 Å². The number of hydrogen-bond acceptors (Lipinski definition) is 4. The maximum absolute atomic E-state index is 4.63. The Labute approximate surface area is 105 Å². The molecule has 0 fully saturated rings. The second-order valence-electron chi connectivity index (χ2n) is 4.32. The van der Waals surface area contributed by atoms with Gasteiger partial charge in [0.25, 0.3) is 0 Å². The molecule has 0 unspecified atom stereocenters. The highest BCUT2D eigenvalue weighted by Crippen LogP contribution is 2.24. The van der Waals surface area contributed by atoms with Crippen LogP contribution >= 0.6 is 0 Å². The molecule has 2 N–H and O–H groups in total. The Kier molecular flexibility index (Phi) is 2.33. The van der Waals surface area contributed by atoms with Gasteiger partial charge in [-0.05, 0) is 6.92 Å². The molecule has 0 saturated carbocycles. The van der Waals surface area contributed by atoms with Crippen molar-refractivity contribution in [2.75, 3.05) is 0 Å². The van der Waals surface area contributed by atoms with Crippen molar-refractivity contribution in [2.24, 2.45) is 7.05 Å². The van der Waals surface area contributed by atoms with Crippen molar-refractivity contribution in [1.82, 2.24) is 25.2 Å². The lowest BCUT2D eigenvalue weighted by molar-refractivity contribution is 0.551. The van der Waals surface area contributed by atoms with Gasteiger partial charge in [-0.3, -0.25) is 4.98 Å². The Morgan fingerprint density at radius 2 is 2.11 bits per heavy atom. The Bertz CT molecular complexity index is 645. The van der Waals surface area contributed by atoms with Gasteiger partial charge >= 0.3 is 0 Å². The summed E-state index contributed by atoms with van der Waals surface area (Å²) in [6.45, 7) is 5.85. The monoisotopic (exact) mass is 241 g/mol. The fraction of sp³-hybridized carbons (Fsp3) is 0.231. The van der Waals surface area contributed by atoms with Crippen molar-refractivity contribution in [1.29, 1.82) is 0 Å². The van der Waals surface area contributed by atoms with E-state index in [2.05, 4.69) is 31.7 Å². The molecule has 2 aromatic heterocycles. The smallest absolute Gasteiger partial charge is 0.156 e. The first-order valence-corrected chi connectivity index (χ1v) is 5.84. The molecule has 2 aromatic rings. The van der Waals surface area contributed by atoms with E-state index >= 15 is 0 Å². The van der Waals surface area contributed by atoms with Crippen molar-refractivity contribution >= 4 is 17.1 Å². The molecule has 92 valence electrons. The van der Waals surface area contributed by atoms with Crippen molar-refractivity contribution in [3.05, 3.63) is 42.3 Å². The molecule has 0 bridgehead atoms. The number of rotatable bonds is 2. The van der Waals surface area contributed by atoms with Gasteiger partial charge in [0, 0.05) is 30.7 Å². The van der Waals surface area contributed by atoms with Gasteiger partial charge < -0.3 is 15.2 Å². The van der Waals surface area contributed by atoms with E-state index in [0.29, 0.717) is 0 Å². The minimum atomic E-state index is 0.0142. The molecule has 18 heavy (non-hydrogen) atoms. The number of nitrogens with one attached hydrogen (secondary N) is 2. The lowest BCUT2D eigenvalue weighted by Crippen LogP contribution is -2.24. The van der Waals surface area contributed by atoms with Crippen molar-refractivity contribution in [3.63, 3.8) is 0 Å². The van der Waals surface area contributed by atoms with Crippen molar-refractivity contribution < 1.29 is 0 Å². The molecule has 5 heteroatoms. The van der Waals surface area contributed by atoms with Crippen molar-refractivity contribution in [2.45, 2.75) is 13.1 Å². The van der Waals surface area contributed by atoms with Gasteiger partial charge in [0.05, 0.1) is 11.7 Å². The second kappa shape index (κ2) is 3.87. The van der Waals surface area contributed by atoms with Crippen LogP contribution in [0.2, 0.25) is 0 Å². The topological polar surface area (TPSA) is 54.8 Å². The van der Waals surface area contributed by atoms with Crippen LogP contribution in [-0.2, 0) is 7.05 Å². The molecular weight excluding hydrogens is 226 g/mol. The van der Waals surface area contributed by atoms with E-state index in [1.807, 2.05) is 38.6 Å². The predicted octanol–water partition coefficient (Wildman–Crippen LogP) is 1.58. The Morgan fingerprint density at radius 3 is 2.78 bits per heavy atom. The zero-order chi connectivity index (χ0) is 12.7. The first-order valence-electron chi connectivity index (χ1n) is 5.84. The minimum Gasteiger partial charge on any atom is -0.364 e. The first kappa shape index (κ1) is 10.8. The SMILES string of the molecule is C=Cc1c(C)ncc2nc(C3NC=CN3)n(C)c12. The number of imidazole rings is 1. The summed E-state index contributed by atoms with van der Waals surface area (Å²) >= 11 is 0. The normalized spacial score (nSPS) is 14.8. The molecule has 0 radical (unpaired) electrons. The third-order valence-electron chi connectivity index (χ3n) is 3.25. The molecule has 0 saturated heterocycles. The van der Waals surface area contributed by atoms with Gasteiger partial charge in [0.2, 0.25) is 0 Å². The largest absolute Gasteiger partial charge is 0.364 e. The fourth-order valence-electron chi connectivity index (χ4n) is 2.33. The summed E-state index contributed by atoms with van der Waals surface area (Å²) in [5.41, 5.74) is 3.98. The number of pyridine rings is 1. The van der Waals surface area contributed by atoms with Crippen LogP contribution in [0, 0.1) is 6.92 Å². The summed E-state index contributed by atoms with van der Waals surface area (Å²) < 4.78 is 2.08. The highest BCUT2D eigenvalue weighted by molar-refractivity contribution is 5.85. The molecule has 5 nitrogen and oxygen atoms in total. The molecule has 0 aromatic carbocycles. The fourth-order valence-corrected chi connectivity index (χ4v) is 2.33. The number of aryl methyl sites for hydroxylation is 2. The van der Waals surface area contributed by atoms with E-state index in [4.69, 9.17) is 0 Å². The van der Waals surface area contributed by atoms with Gasteiger partial charge in [-0.2, -0.15) is 0 Å². The van der Waals surface area contributed by atoms with E-state index in [-0.39, 0.29) is 6.17 Å². The Morgan fingerprint density at radius 1 is 1.39 bits per heavy atom.